The Morgan fingerprint density at radius 1 is 1.20 bits per heavy atom. The highest BCUT2D eigenvalue weighted by molar-refractivity contribution is 5.98. The van der Waals surface area contributed by atoms with E-state index in [0.717, 1.165) is 5.56 Å². The number of aryl methyl sites for hydroxylation is 1. The van der Waals surface area contributed by atoms with E-state index >= 15 is 0 Å². The van der Waals surface area contributed by atoms with Gasteiger partial charge in [-0.25, -0.2) is 4.79 Å². The second-order valence-corrected chi connectivity index (χ2v) is 5.43. The maximum Gasteiger partial charge on any atom is 0.338 e. The molecule has 0 unspecified atom stereocenters. The van der Waals surface area contributed by atoms with Crippen LogP contribution in [0.3, 0.4) is 0 Å². The first-order valence-corrected chi connectivity index (χ1v) is 7.61. The number of hydrogen-bond donors (Lipinski definition) is 1. The van der Waals surface area contributed by atoms with E-state index in [2.05, 4.69) is 5.32 Å². The summed E-state index contributed by atoms with van der Waals surface area (Å²) in [5.74, 6) is -0.635. The van der Waals surface area contributed by atoms with E-state index in [9.17, 15) is 9.59 Å². The summed E-state index contributed by atoms with van der Waals surface area (Å²) in [5, 5.41) is 11.6. The van der Waals surface area contributed by atoms with Crippen LogP contribution < -0.4 is 10.1 Å². The second kappa shape index (κ2) is 7.97. The number of anilines is 1. The molecule has 0 aromatic heterocycles. The fourth-order valence-corrected chi connectivity index (χ4v) is 2.15. The molecule has 0 saturated carbocycles. The van der Waals surface area contributed by atoms with Gasteiger partial charge in [-0.1, -0.05) is 12.1 Å². The lowest BCUT2D eigenvalue weighted by Crippen LogP contribution is -2.30. The maximum atomic E-state index is 12.3. The van der Waals surface area contributed by atoms with Crippen LogP contribution in [0.4, 0.5) is 5.69 Å². The minimum atomic E-state index is -1.01. The zero-order chi connectivity index (χ0) is 18.4. The van der Waals surface area contributed by atoms with Crippen LogP contribution in [-0.2, 0) is 9.53 Å². The quantitative estimate of drug-likeness (QED) is 0.847. The van der Waals surface area contributed by atoms with Crippen LogP contribution in [0, 0.1) is 18.3 Å². The van der Waals surface area contributed by atoms with Gasteiger partial charge in [0.1, 0.15) is 5.75 Å². The number of rotatable bonds is 5. The number of methoxy groups -OCH3 is 1. The average molecular weight is 338 g/mol. The fraction of sp³-hybridized carbons (Fsp3) is 0.211. The van der Waals surface area contributed by atoms with Crippen LogP contribution in [-0.4, -0.2) is 25.1 Å². The van der Waals surface area contributed by atoms with E-state index in [1.54, 1.807) is 24.3 Å². The molecule has 0 aliphatic heterocycles. The third-order valence-corrected chi connectivity index (χ3v) is 3.49. The molecular weight excluding hydrogens is 320 g/mol. The van der Waals surface area contributed by atoms with Crippen molar-refractivity contribution >= 4 is 17.6 Å². The third-order valence-electron chi connectivity index (χ3n) is 3.49. The van der Waals surface area contributed by atoms with E-state index in [1.165, 1.54) is 26.2 Å². The molecule has 0 aliphatic carbocycles. The molecule has 6 heteroatoms. The molecule has 2 aromatic rings. The topological polar surface area (TPSA) is 88.4 Å². The highest BCUT2D eigenvalue weighted by Crippen LogP contribution is 2.25. The summed E-state index contributed by atoms with van der Waals surface area (Å²) in [4.78, 5) is 24.4. The molecule has 2 aromatic carbocycles. The van der Waals surface area contributed by atoms with Crippen molar-refractivity contribution in [3.8, 4) is 11.8 Å². The smallest absolute Gasteiger partial charge is 0.338 e. The number of hydrogen-bond acceptors (Lipinski definition) is 5. The van der Waals surface area contributed by atoms with Crippen molar-refractivity contribution in [2.75, 3.05) is 12.4 Å². The zero-order valence-corrected chi connectivity index (χ0v) is 14.2. The number of esters is 1. The molecule has 128 valence electrons. The van der Waals surface area contributed by atoms with Gasteiger partial charge in [0.2, 0.25) is 0 Å². The average Bonchev–Trinajstić information content (AvgIpc) is 2.61. The molecule has 0 saturated heterocycles. The van der Waals surface area contributed by atoms with Gasteiger partial charge in [-0.3, -0.25) is 4.79 Å². The van der Waals surface area contributed by atoms with Crippen molar-refractivity contribution in [3.63, 3.8) is 0 Å². The number of carbonyl (C=O) groups excluding carboxylic acids is 2. The number of carbonyl (C=O) groups is 2. The predicted octanol–water partition coefficient (Wildman–Crippen LogP) is 3.06. The standard InChI is InChI=1S/C19H18N2O4/c1-12-7-8-17(24-3)16(9-12)21-18(22)13(2)25-19(23)15-6-4-5-14(10-15)11-20/h4-10,13H,1-3H3,(H,21,22)/t13-/m0/s1. The molecular formula is C19H18N2O4. The largest absolute Gasteiger partial charge is 0.495 e. The minimum absolute atomic E-state index is 0.215. The Kier molecular flexibility index (Phi) is 5.75. The first-order valence-electron chi connectivity index (χ1n) is 7.61. The molecule has 0 bridgehead atoms. The molecule has 2 rings (SSSR count). The Morgan fingerprint density at radius 3 is 2.64 bits per heavy atom. The summed E-state index contributed by atoms with van der Waals surface area (Å²) in [7, 11) is 1.51. The van der Waals surface area contributed by atoms with Crippen LogP contribution in [0.25, 0.3) is 0 Å². The molecule has 0 spiro atoms. The van der Waals surface area contributed by atoms with Gasteiger partial charge in [0, 0.05) is 0 Å². The van der Waals surface area contributed by atoms with Crippen molar-refractivity contribution in [3.05, 3.63) is 59.2 Å². The summed E-state index contributed by atoms with van der Waals surface area (Å²) in [5.41, 5.74) is 2.01. The lowest BCUT2D eigenvalue weighted by molar-refractivity contribution is -0.123. The third kappa shape index (κ3) is 4.58. The first kappa shape index (κ1) is 18.0. The number of benzene rings is 2. The normalized spacial score (nSPS) is 11.1. The molecule has 6 nitrogen and oxygen atoms in total. The van der Waals surface area contributed by atoms with Gasteiger partial charge in [-0.2, -0.15) is 5.26 Å². The Hall–Kier alpha value is -3.33. The molecule has 0 heterocycles. The van der Waals surface area contributed by atoms with Gasteiger partial charge in [0.25, 0.3) is 5.91 Å². The number of amides is 1. The zero-order valence-electron chi connectivity index (χ0n) is 14.2. The van der Waals surface area contributed by atoms with Gasteiger partial charge in [-0.05, 0) is 49.7 Å². The van der Waals surface area contributed by atoms with Gasteiger partial charge >= 0.3 is 5.97 Å². The molecule has 1 atom stereocenters. The van der Waals surface area contributed by atoms with Crippen LogP contribution in [0.2, 0.25) is 0 Å². The lowest BCUT2D eigenvalue weighted by atomic mass is 10.1. The van der Waals surface area contributed by atoms with Gasteiger partial charge < -0.3 is 14.8 Å². The Balaban J connectivity index is 2.06. The Morgan fingerprint density at radius 2 is 1.96 bits per heavy atom. The van der Waals surface area contributed by atoms with Gasteiger partial charge in [0.15, 0.2) is 6.10 Å². The van der Waals surface area contributed by atoms with Crippen molar-refractivity contribution in [2.24, 2.45) is 0 Å². The molecule has 0 fully saturated rings. The fourth-order valence-electron chi connectivity index (χ4n) is 2.15. The lowest BCUT2D eigenvalue weighted by Gasteiger charge is -2.15. The molecule has 0 aliphatic rings. The van der Waals surface area contributed by atoms with Crippen LogP contribution in [0.5, 0.6) is 5.75 Å². The second-order valence-electron chi connectivity index (χ2n) is 5.43. The maximum absolute atomic E-state index is 12.3. The first-order chi connectivity index (χ1) is 11.9. The van der Waals surface area contributed by atoms with Gasteiger partial charge in [-0.15, -0.1) is 0 Å². The molecule has 0 radical (unpaired) electrons. The van der Waals surface area contributed by atoms with E-state index in [0.29, 0.717) is 17.0 Å². The highest BCUT2D eigenvalue weighted by Gasteiger charge is 2.20. The monoisotopic (exact) mass is 338 g/mol. The Bertz CT molecular complexity index is 840. The molecule has 25 heavy (non-hydrogen) atoms. The summed E-state index contributed by atoms with van der Waals surface area (Å²) in [6.07, 6.45) is -1.01. The molecule has 1 amide bonds. The van der Waals surface area contributed by atoms with Crippen LogP contribution >= 0.6 is 0 Å². The van der Waals surface area contributed by atoms with Crippen LogP contribution in [0.1, 0.15) is 28.4 Å². The van der Waals surface area contributed by atoms with E-state index < -0.39 is 18.0 Å². The van der Waals surface area contributed by atoms with E-state index in [-0.39, 0.29) is 5.56 Å². The van der Waals surface area contributed by atoms with E-state index in [4.69, 9.17) is 14.7 Å². The Labute approximate surface area is 146 Å². The van der Waals surface area contributed by atoms with Crippen molar-refractivity contribution in [2.45, 2.75) is 20.0 Å². The number of nitriles is 1. The molecule has 1 N–H and O–H groups in total. The summed E-state index contributed by atoms with van der Waals surface area (Å²) in [6.45, 7) is 3.37. The summed E-state index contributed by atoms with van der Waals surface area (Å²) >= 11 is 0. The number of nitrogens with one attached hydrogen (secondary N) is 1. The van der Waals surface area contributed by atoms with Crippen molar-refractivity contribution in [1.29, 1.82) is 5.26 Å². The highest BCUT2D eigenvalue weighted by atomic mass is 16.5. The van der Waals surface area contributed by atoms with Crippen LogP contribution in [0.15, 0.2) is 42.5 Å². The number of ether oxygens (including phenoxy) is 2. The van der Waals surface area contributed by atoms with Crippen molar-refractivity contribution < 1.29 is 19.1 Å². The number of nitrogens with zero attached hydrogens (tertiary/aromatic N) is 1. The SMILES string of the molecule is COc1ccc(C)cc1NC(=O)[C@H](C)OC(=O)c1cccc(C#N)c1. The summed E-state index contributed by atoms with van der Waals surface area (Å²) in [6, 6.07) is 13.4. The predicted molar refractivity (Wildman–Crippen MR) is 92.4 cm³/mol. The van der Waals surface area contributed by atoms with Gasteiger partial charge in [0.05, 0.1) is 30.0 Å². The minimum Gasteiger partial charge on any atom is -0.495 e. The summed E-state index contributed by atoms with van der Waals surface area (Å²) < 4.78 is 10.4. The van der Waals surface area contributed by atoms with E-state index in [1.807, 2.05) is 19.1 Å². The van der Waals surface area contributed by atoms with Crippen molar-refractivity contribution in [1.82, 2.24) is 0 Å².